The van der Waals surface area contributed by atoms with E-state index in [0.717, 1.165) is 0 Å². The number of hydrogen-bond acceptors (Lipinski definition) is 5. The monoisotopic (exact) mass is 235 g/mol. The highest BCUT2D eigenvalue weighted by Gasteiger charge is 2.15. The first kappa shape index (κ1) is 11.4. The number of aromatic nitrogens is 3. The second-order valence-electron chi connectivity index (χ2n) is 3.42. The van der Waals surface area contributed by atoms with Crippen molar-refractivity contribution in [3.63, 3.8) is 0 Å². The Morgan fingerprint density at radius 2 is 1.82 bits per heavy atom. The predicted molar refractivity (Wildman–Crippen MR) is 60.0 cm³/mol. The van der Waals surface area contributed by atoms with Gasteiger partial charge >= 0.3 is 0 Å². The van der Waals surface area contributed by atoms with E-state index in [4.69, 9.17) is 9.47 Å². The molecular weight excluding hydrogens is 222 g/mol. The Bertz CT molecular complexity index is 462. The Morgan fingerprint density at radius 1 is 1.18 bits per heavy atom. The van der Waals surface area contributed by atoms with Crippen molar-refractivity contribution >= 4 is 0 Å². The Labute approximate surface area is 98.2 Å². The molecule has 6 nitrogen and oxygen atoms in total. The van der Waals surface area contributed by atoms with Crippen LogP contribution in [0.3, 0.4) is 0 Å². The number of nitrogens with one attached hydrogen (secondary N) is 1. The number of aliphatic hydroxyl groups is 1. The molecule has 6 heteroatoms. The average Bonchev–Trinajstić information content (AvgIpc) is 2.91. The lowest BCUT2D eigenvalue weighted by atomic mass is 10.1. The van der Waals surface area contributed by atoms with E-state index in [1.165, 1.54) is 6.33 Å². The molecule has 2 rings (SSSR count). The number of rotatable bonds is 4. The van der Waals surface area contributed by atoms with Crippen molar-refractivity contribution in [2.24, 2.45) is 0 Å². The number of H-pyrrole nitrogens is 1. The van der Waals surface area contributed by atoms with Crippen LogP contribution in [0.25, 0.3) is 0 Å². The van der Waals surface area contributed by atoms with Gasteiger partial charge in [0.15, 0.2) is 5.82 Å². The smallest absolute Gasteiger partial charge is 0.157 e. The molecule has 0 aliphatic carbocycles. The summed E-state index contributed by atoms with van der Waals surface area (Å²) in [5.74, 6) is 1.59. The van der Waals surface area contributed by atoms with Gasteiger partial charge in [0.25, 0.3) is 0 Å². The van der Waals surface area contributed by atoms with Gasteiger partial charge in [-0.1, -0.05) is 0 Å². The van der Waals surface area contributed by atoms with E-state index in [0.29, 0.717) is 22.9 Å². The van der Waals surface area contributed by atoms with Crippen LogP contribution in [0, 0.1) is 0 Å². The molecule has 1 heterocycles. The number of hydrogen-bond donors (Lipinski definition) is 2. The van der Waals surface area contributed by atoms with Crippen LogP contribution in [0.2, 0.25) is 0 Å². The SMILES string of the molecule is COc1cc(OC)cc(C(O)c2ncn[nH]2)c1. The molecule has 2 N–H and O–H groups in total. The fraction of sp³-hybridized carbons (Fsp3) is 0.273. The van der Waals surface area contributed by atoms with Crippen molar-refractivity contribution in [1.29, 1.82) is 0 Å². The van der Waals surface area contributed by atoms with E-state index in [2.05, 4.69) is 15.2 Å². The summed E-state index contributed by atoms with van der Waals surface area (Å²) < 4.78 is 10.3. The molecule has 1 atom stereocenters. The van der Waals surface area contributed by atoms with Crippen LogP contribution in [-0.2, 0) is 0 Å². The van der Waals surface area contributed by atoms with E-state index >= 15 is 0 Å². The minimum atomic E-state index is -0.888. The van der Waals surface area contributed by atoms with Crippen molar-refractivity contribution in [2.45, 2.75) is 6.10 Å². The maximum absolute atomic E-state index is 10.1. The molecule has 0 saturated heterocycles. The minimum Gasteiger partial charge on any atom is -0.497 e. The number of nitrogens with zero attached hydrogens (tertiary/aromatic N) is 2. The summed E-state index contributed by atoms with van der Waals surface area (Å²) in [6.45, 7) is 0. The fourth-order valence-corrected chi connectivity index (χ4v) is 1.49. The van der Waals surface area contributed by atoms with Crippen LogP contribution < -0.4 is 9.47 Å². The lowest BCUT2D eigenvalue weighted by Gasteiger charge is -2.11. The van der Waals surface area contributed by atoms with Gasteiger partial charge in [-0.2, -0.15) is 5.10 Å². The zero-order chi connectivity index (χ0) is 12.3. The Morgan fingerprint density at radius 3 is 2.29 bits per heavy atom. The van der Waals surface area contributed by atoms with Crippen LogP contribution in [0.4, 0.5) is 0 Å². The fourth-order valence-electron chi connectivity index (χ4n) is 1.49. The Balaban J connectivity index is 2.37. The third kappa shape index (κ3) is 2.36. The summed E-state index contributed by atoms with van der Waals surface area (Å²) in [7, 11) is 3.11. The van der Waals surface area contributed by atoms with Crippen LogP contribution in [-0.4, -0.2) is 34.5 Å². The zero-order valence-corrected chi connectivity index (χ0v) is 9.54. The zero-order valence-electron chi connectivity index (χ0n) is 9.54. The lowest BCUT2D eigenvalue weighted by molar-refractivity contribution is 0.209. The van der Waals surface area contributed by atoms with E-state index in [1.54, 1.807) is 32.4 Å². The summed E-state index contributed by atoms with van der Waals surface area (Å²) in [5, 5.41) is 16.4. The molecule has 1 unspecified atom stereocenters. The maximum Gasteiger partial charge on any atom is 0.157 e. The third-order valence-electron chi connectivity index (χ3n) is 2.38. The Hall–Kier alpha value is -2.08. The molecule has 0 saturated carbocycles. The van der Waals surface area contributed by atoms with Gasteiger partial charge in [0.05, 0.1) is 14.2 Å². The lowest BCUT2D eigenvalue weighted by Crippen LogP contribution is -2.03. The van der Waals surface area contributed by atoms with Gasteiger partial charge in [-0.25, -0.2) is 4.98 Å². The van der Waals surface area contributed by atoms with Gasteiger partial charge in [0.1, 0.15) is 23.9 Å². The largest absolute Gasteiger partial charge is 0.497 e. The molecule has 0 radical (unpaired) electrons. The van der Waals surface area contributed by atoms with Gasteiger partial charge in [-0.15, -0.1) is 0 Å². The molecule has 2 aromatic rings. The first-order valence-electron chi connectivity index (χ1n) is 5.01. The molecule has 0 amide bonds. The van der Waals surface area contributed by atoms with Crippen LogP contribution in [0.1, 0.15) is 17.5 Å². The summed E-state index contributed by atoms with van der Waals surface area (Å²) in [5.41, 5.74) is 0.623. The summed E-state index contributed by atoms with van der Waals surface area (Å²) in [4.78, 5) is 3.91. The number of aromatic amines is 1. The standard InChI is InChI=1S/C11H13N3O3/c1-16-8-3-7(4-9(5-8)17-2)10(15)11-12-6-13-14-11/h3-6,10,15H,1-2H3,(H,12,13,14). The molecule has 0 aliphatic rings. The topological polar surface area (TPSA) is 80.3 Å². The molecule has 0 bridgehead atoms. The Kier molecular flexibility index (Phi) is 3.24. The highest BCUT2D eigenvalue weighted by molar-refractivity contribution is 5.40. The first-order valence-corrected chi connectivity index (χ1v) is 5.01. The van der Waals surface area contributed by atoms with Gasteiger partial charge in [0.2, 0.25) is 0 Å². The first-order chi connectivity index (χ1) is 8.24. The third-order valence-corrected chi connectivity index (χ3v) is 2.38. The second kappa shape index (κ2) is 4.84. The van der Waals surface area contributed by atoms with Gasteiger partial charge < -0.3 is 14.6 Å². The molecule has 0 fully saturated rings. The van der Waals surface area contributed by atoms with Gasteiger partial charge in [-0.3, -0.25) is 5.10 Å². The highest BCUT2D eigenvalue weighted by atomic mass is 16.5. The molecule has 90 valence electrons. The number of ether oxygens (including phenoxy) is 2. The van der Waals surface area contributed by atoms with Crippen LogP contribution >= 0.6 is 0 Å². The number of aliphatic hydroxyl groups excluding tert-OH is 1. The van der Waals surface area contributed by atoms with Crippen molar-refractivity contribution in [3.8, 4) is 11.5 Å². The normalized spacial score (nSPS) is 12.2. The summed E-state index contributed by atoms with van der Waals surface area (Å²) >= 11 is 0. The van der Waals surface area contributed by atoms with Crippen molar-refractivity contribution in [1.82, 2.24) is 15.2 Å². The summed E-state index contributed by atoms with van der Waals surface area (Å²) in [6.07, 6.45) is 0.456. The van der Waals surface area contributed by atoms with E-state index in [9.17, 15) is 5.11 Å². The minimum absolute atomic E-state index is 0.375. The highest BCUT2D eigenvalue weighted by Crippen LogP contribution is 2.28. The molecular formula is C11H13N3O3. The van der Waals surface area contributed by atoms with Gasteiger partial charge in [-0.05, 0) is 17.7 Å². The van der Waals surface area contributed by atoms with Crippen molar-refractivity contribution in [3.05, 3.63) is 35.9 Å². The second-order valence-corrected chi connectivity index (χ2v) is 3.42. The van der Waals surface area contributed by atoms with E-state index < -0.39 is 6.10 Å². The summed E-state index contributed by atoms with van der Waals surface area (Å²) in [6, 6.07) is 5.17. The molecule has 1 aromatic carbocycles. The van der Waals surface area contributed by atoms with E-state index in [-0.39, 0.29) is 0 Å². The number of methoxy groups -OCH3 is 2. The molecule has 0 aliphatic heterocycles. The van der Waals surface area contributed by atoms with Crippen LogP contribution in [0.15, 0.2) is 24.5 Å². The van der Waals surface area contributed by atoms with Gasteiger partial charge in [0, 0.05) is 6.07 Å². The predicted octanol–water partition coefficient (Wildman–Crippen LogP) is 0.904. The van der Waals surface area contributed by atoms with E-state index in [1.807, 2.05) is 0 Å². The van der Waals surface area contributed by atoms with Crippen molar-refractivity contribution < 1.29 is 14.6 Å². The quantitative estimate of drug-likeness (QED) is 0.823. The average molecular weight is 235 g/mol. The van der Waals surface area contributed by atoms with Crippen molar-refractivity contribution in [2.75, 3.05) is 14.2 Å². The molecule has 0 spiro atoms. The molecule has 1 aromatic heterocycles. The van der Waals surface area contributed by atoms with Crippen LogP contribution in [0.5, 0.6) is 11.5 Å². The number of benzene rings is 1. The molecule has 17 heavy (non-hydrogen) atoms. The maximum atomic E-state index is 10.1.